The van der Waals surface area contributed by atoms with E-state index in [-0.39, 0.29) is 10.5 Å². The standard InChI is InChI=1S/C10H12F2O2S/c1-6(2)15(13,14)8-4-9(11)7(3)10(12)5-8/h4-6H,1-3H3. The maximum absolute atomic E-state index is 13.1. The first kappa shape index (κ1) is 12.1. The van der Waals surface area contributed by atoms with Gasteiger partial charge in [0.05, 0.1) is 10.1 Å². The number of sulfone groups is 1. The summed E-state index contributed by atoms with van der Waals surface area (Å²) in [6.45, 7) is 4.19. The fourth-order valence-electron chi connectivity index (χ4n) is 1.06. The Morgan fingerprint density at radius 1 is 1.13 bits per heavy atom. The second kappa shape index (κ2) is 3.89. The zero-order chi connectivity index (χ0) is 11.8. The maximum Gasteiger partial charge on any atom is 0.180 e. The second-order valence-corrected chi connectivity index (χ2v) is 6.11. The van der Waals surface area contributed by atoms with Gasteiger partial charge < -0.3 is 0 Å². The van der Waals surface area contributed by atoms with Crippen LogP contribution in [0, 0.1) is 18.6 Å². The van der Waals surface area contributed by atoms with Crippen LogP contribution in [0.15, 0.2) is 17.0 Å². The molecule has 0 saturated heterocycles. The highest BCUT2D eigenvalue weighted by atomic mass is 32.2. The van der Waals surface area contributed by atoms with E-state index >= 15 is 0 Å². The highest BCUT2D eigenvalue weighted by Crippen LogP contribution is 2.21. The molecular formula is C10H12F2O2S. The quantitative estimate of drug-likeness (QED) is 0.787. The van der Waals surface area contributed by atoms with E-state index in [1.807, 2.05) is 0 Å². The third-order valence-electron chi connectivity index (χ3n) is 2.20. The zero-order valence-corrected chi connectivity index (χ0v) is 9.53. The van der Waals surface area contributed by atoms with Crippen LogP contribution in [-0.2, 0) is 9.84 Å². The van der Waals surface area contributed by atoms with Gasteiger partial charge in [0.1, 0.15) is 11.6 Å². The highest BCUT2D eigenvalue weighted by molar-refractivity contribution is 7.92. The summed E-state index contributed by atoms with van der Waals surface area (Å²) in [5.41, 5.74) is -0.169. The Kier molecular flexibility index (Phi) is 3.13. The van der Waals surface area contributed by atoms with Crippen LogP contribution in [0.2, 0.25) is 0 Å². The van der Waals surface area contributed by atoms with Crippen LogP contribution in [0.25, 0.3) is 0 Å². The molecular weight excluding hydrogens is 222 g/mol. The molecule has 1 aromatic carbocycles. The van der Waals surface area contributed by atoms with Crippen LogP contribution in [-0.4, -0.2) is 13.7 Å². The Bertz CT molecular complexity index is 455. The minimum absolute atomic E-state index is 0.169. The molecule has 0 heterocycles. The zero-order valence-electron chi connectivity index (χ0n) is 8.71. The Labute approximate surface area is 87.8 Å². The van der Waals surface area contributed by atoms with Gasteiger partial charge in [-0.3, -0.25) is 0 Å². The summed E-state index contributed by atoms with van der Waals surface area (Å²) in [6.07, 6.45) is 0. The molecule has 1 rings (SSSR count). The molecule has 0 bridgehead atoms. The van der Waals surface area contributed by atoms with Gasteiger partial charge >= 0.3 is 0 Å². The van der Waals surface area contributed by atoms with Crippen molar-refractivity contribution in [1.29, 1.82) is 0 Å². The summed E-state index contributed by atoms with van der Waals surface area (Å²) in [4.78, 5) is -0.307. The Balaban J connectivity index is 3.42. The molecule has 0 unspecified atom stereocenters. The molecule has 0 aliphatic rings. The molecule has 0 aromatic heterocycles. The topological polar surface area (TPSA) is 34.1 Å². The van der Waals surface area contributed by atoms with Gasteiger partial charge in [-0.2, -0.15) is 0 Å². The van der Waals surface area contributed by atoms with Gasteiger partial charge in [-0.05, 0) is 32.9 Å². The molecule has 0 N–H and O–H groups in total. The first-order chi connectivity index (χ1) is 6.76. The lowest BCUT2D eigenvalue weighted by molar-refractivity contribution is 0.553. The van der Waals surface area contributed by atoms with Gasteiger partial charge in [0.2, 0.25) is 0 Å². The molecule has 2 nitrogen and oxygen atoms in total. The van der Waals surface area contributed by atoms with Crippen LogP contribution in [0.4, 0.5) is 8.78 Å². The van der Waals surface area contributed by atoms with E-state index < -0.39 is 26.7 Å². The predicted molar refractivity (Wildman–Crippen MR) is 53.4 cm³/mol. The van der Waals surface area contributed by atoms with E-state index in [2.05, 4.69) is 0 Å². The summed E-state index contributed by atoms with van der Waals surface area (Å²) < 4.78 is 49.5. The highest BCUT2D eigenvalue weighted by Gasteiger charge is 2.21. The molecule has 0 saturated carbocycles. The van der Waals surface area contributed by atoms with E-state index in [1.54, 1.807) is 0 Å². The van der Waals surface area contributed by atoms with Crippen LogP contribution in [0.1, 0.15) is 19.4 Å². The summed E-state index contributed by atoms with van der Waals surface area (Å²) in [5, 5.41) is -0.695. The first-order valence-corrected chi connectivity index (χ1v) is 6.01. The number of rotatable bonds is 2. The summed E-state index contributed by atoms with van der Waals surface area (Å²) in [7, 11) is -3.62. The average Bonchev–Trinajstić information content (AvgIpc) is 2.13. The number of benzene rings is 1. The van der Waals surface area contributed by atoms with Crippen molar-refractivity contribution in [1.82, 2.24) is 0 Å². The summed E-state index contributed by atoms with van der Waals surface area (Å²) >= 11 is 0. The van der Waals surface area contributed by atoms with Crippen LogP contribution in [0.5, 0.6) is 0 Å². The molecule has 0 radical (unpaired) electrons. The molecule has 84 valence electrons. The largest absolute Gasteiger partial charge is 0.223 e. The number of hydrogen-bond donors (Lipinski definition) is 0. The molecule has 0 amide bonds. The Morgan fingerprint density at radius 3 is 1.87 bits per heavy atom. The Morgan fingerprint density at radius 2 is 1.53 bits per heavy atom. The molecule has 0 spiro atoms. The smallest absolute Gasteiger partial charge is 0.180 e. The molecule has 0 fully saturated rings. The van der Waals surface area contributed by atoms with Gasteiger partial charge in [-0.25, -0.2) is 17.2 Å². The van der Waals surface area contributed by atoms with Crippen molar-refractivity contribution in [2.24, 2.45) is 0 Å². The molecule has 15 heavy (non-hydrogen) atoms. The van der Waals surface area contributed by atoms with E-state index in [4.69, 9.17) is 0 Å². The Hall–Kier alpha value is -0.970. The van der Waals surface area contributed by atoms with E-state index in [9.17, 15) is 17.2 Å². The summed E-state index contributed by atoms with van der Waals surface area (Å²) in [6, 6.07) is 1.71. The maximum atomic E-state index is 13.1. The molecule has 0 atom stereocenters. The molecule has 0 aliphatic carbocycles. The third-order valence-corrected chi connectivity index (χ3v) is 4.34. The van der Waals surface area contributed by atoms with Crippen LogP contribution in [0.3, 0.4) is 0 Å². The van der Waals surface area contributed by atoms with Crippen molar-refractivity contribution in [2.45, 2.75) is 30.9 Å². The first-order valence-electron chi connectivity index (χ1n) is 4.46. The van der Waals surface area contributed by atoms with Gasteiger partial charge in [0.25, 0.3) is 0 Å². The van der Waals surface area contributed by atoms with Crippen molar-refractivity contribution in [3.05, 3.63) is 29.3 Å². The monoisotopic (exact) mass is 234 g/mol. The molecule has 5 heteroatoms. The fourth-order valence-corrected chi connectivity index (χ4v) is 2.14. The number of halogens is 2. The lowest BCUT2D eigenvalue weighted by atomic mass is 10.2. The number of hydrogen-bond acceptors (Lipinski definition) is 2. The predicted octanol–water partition coefficient (Wildman–Crippen LogP) is 2.46. The third kappa shape index (κ3) is 2.17. The lowest BCUT2D eigenvalue weighted by Gasteiger charge is -2.09. The normalized spacial score (nSPS) is 12.1. The van der Waals surface area contributed by atoms with Crippen molar-refractivity contribution >= 4 is 9.84 Å². The van der Waals surface area contributed by atoms with Gasteiger partial charge in [-0.1, -0.05) is 0 Å². The average molecular weight is 234 g/mol. The van der Waals surface area contributed by atoms with E-state index in [1.165, 1.54) is 20.8 Å². The van der Waals surface area contributed by atoms with Gasteiger partial charge in [0, 0.05) is 5.56 Å². The van der Waals surface area contributed by atoms with Gasteiger partial charge in [-0.15, -0.1) is 0 Å². The van der Waals surface area contributed by atoms with Gasteiger partial charge in [0.15, 0.2) is 9.84 Å². The minimum atomic E-state index is -3.62. The second-order valence-electron chi connectivity index (χ2n) is 3.61. The minimum Gasteiger partial charge on any atom is -0.223 e. The van der Waals surface area contributed by atoms with Crippen molar-refractivity contribution in [3.63, 3.8) is 0 Å². The lowest BCUT2D eigenvalue weighted by Crippen LogP contribution is -2.14. The van der Waals surface area contributed by atoms with E-state index in [0.717, 1.165) is 12.1 Å². The van der Waals surface area contributed by atoms with Crippen molar-refractivity contribution < 1.29 is 17.2 Å². The fraction of sp³-hybridized carbons (Fsp3) is 0.400. The van der Waals surface area contributed by atoms with E-state index in [0.29, 0.717) is 0 Å². The van der Waals surface area contributed by atoms with Crippen molar-refractivity contribution in [2.75, 3.05) is 0 Å². The molecule has 0 aliphatic heterocycles. The SMILES string of the molecule is Cc1c(F)cc(S(=O)(=O)C(C)C)cc1F. The van der Waals surface area contributed by atoms with Crippen LogP contribution >= 0.6 is 0 Å². The summed E-state index contributed by atoms with van der Waals surface area (Å²) in [5.74, 6) is -1.68. The van der Waals surface area contributed by atoms with Crippen LogP contribution < -0.4 is 0 Å². The van der Waals surface area contributed by atoms with Crippen molar-refractivity contribution in [3.8, 4) is 0 Å². The molecule has 1 aromatic rings.